The van der Waals surface area contributed by atoms with Crippen molar-refractivity contribution < 1.29 is 14.3 Å². The highest BCUT2D eigenvalue weighted by Gasteiger charge is 2.34. The zero-order valence-electron chi connectivity index (χ0n) is 18.7. The van der Waals surface area contributed by atoms with Crippen LogP contribution in [0.25, 0.3) is 10.2 Å². The number of hydrogen-bond acceptors (Lipinski definition) is 7. The molecule has 1 aliphatic carbocycles. The standard InChI is InChI=1S/C23H26N6O3S/c1-11(2)32-17-9-12(3)16(10-26-17)29-15-7-8-25-22-18(15)19(28-23(29)31)20(33-22)21(30)27-14-6-4-5-13(14)24/h7-11,13-14H,4-6,24H2,1-3H3,(H,27,30)(H,28,31)/t13-,14+/m0/s1. The lowest BCUT2D eigenvalue weighted by atomic mass is 10.1. The zero-order chi connectivity index (χ0) is 23.3. The SMILES string of the molecule is Cc1cc(OC(C)C)ncc1N1C(=O)Nc2c(C(=O)N[C@@H]3CCC[C@@H]3N)sc3nccc1c23. The van der Waals surface area contributed by atoms with E-state index in [0.29, 0.717) is 32.6 Å². The number of aryl methyl sites for hydroxylation is 1. The maximum atomic E-state index is 13.3. The van der Waals surface area contributed by atoms with Crippen molar-refractivity contribution in [1.82, 2.24) is 15.3 Å². The van der Waals surface area contributed by atoms with Crippen molar-refractivity contribution in [2.45, 2.75) is 58.2 Å². The lowest BCUT2D eigenvalue weighted by Gasteiger charge is -2.29. The van der Waals surface area contributed by atoms with E-state index in [-0.39, 0.29) is 30.1 Å². The molecule has 0 aromatic carbocycles. The van der Waals surface area contributed by atoms with Gasteiger partial charge in [-0.15, -0.1) is 11.3 Å². The van der Waals surface area contributed by atoms with Crippen molar-refractivity contribution in [3.63, 3.8) is 0 Å². The number of pyridine rings is 2. The Labute approximate surface area is 195 Å². The second kappa shape index (κ2) is 8.27. The van der Waals surface area contributed by atoms with Gasteiger partial charge in [-0.2, -0.15) is 0 Å². The van der Waals surface area contributed by atoms with Crippen molar-refractivity contribution >= 4 is 50.6 Å². The monoisotopic (exact) mass is 466 g/mol. The van der Waals surface area contributed by atoms with Gasteiger partial charge < -0.3 is 21.1 Å². The summed E-state index contributed by atoms with van der Waals surface area (Å²) in [5.74, 6) is 0.270. The summed E-state index contributed by atoms with van der Waals surface area (Å²) in [6, 6.07) is 3.13. The Hall–Kier alpha value is -3.24. The number of urea groups is 1. The minimum absolute atomic E-state index is 0.00225. The lowest BCUT2D eigenvalue weighted by molar-refractivity contribution is 0.0939. The molecule has 0 bridgehead atoms. The molecule has 0 spiro atoms. The molecular weight excluding hydrogens is 440 g/mol. The zero-order valence-corrected chi connectivity index (χ0v) is 19.5. The van der Waals surface area contributed by atoms with Crippen molar-refractivity contribution in [2.75, 3.05) is 10.2 Å². The van der Waals surface area contributed by atoms with Crippen LogP contribution in [0.2, 0.25) is 0 Å². The molecule has 0 saturated heterocycles. The summed E-state index contributed by atoms with van der Waals surface area (Å²) in [5, 5.41) is 6.70. The average Bonchev–Trinajstić information content (AvgIpc) is 3.33. The highest BCUT2D eigenvalue weighted by Crippen LogP contribution is 2.46. The summed E-state index contributed by atoms with van der Waals surface area (Å²) in [5.41, 5.74) is 8.76. The number of thiophene rings is 1. The molecule has 5 rings (SSSR count). The minimum atomic E-state index is -0.359. The van der Waals surface area contributed by atoms with Gasteiger partial charge in [0.15, 0.2) is 0 Å². The summed E-state index contributed by atoms with van der Waals surface area (Å²) in [6.07, 6.45) is 6.03. The van der Waals surface area contributed by atoms with Crippen LogP contribution in [-0.2, 0) is 0 Å². The number of nitrogens with one attached hydrogen (secondary N) is 2. The normalized spacial score (nSPS) is 19.8. The van der Waals surface area contributed by atoms with E-state index in [1.807, 2.05) is 26.8 Å². The van der Waals surface area contributed by atoms with Crippen LogP contribution in [0.15, 0.2) is 24.5 Å². The quantitative estimate of drug-likeness (QED) is 0.521. The maximum Gasteiger partial charge on any atom is 0.331 e. The summed E-state index contributed by atoms with van der Waals surface area (Å²) in [6.45, 7) is 5.77. The van der Waals surface area contributed by atoms with Crippen LogP contribution < -0.4 is 26.0 Å². The molecule has 33 heavy (non-hydrogen) atoms. The molecule has 4 N–H and O–H groups in total. The summed E-state index contributed by atoms with van der Waals surface area (Å²) < 4.78 is 5.68. The molecule has 3 aromatic rings. The lowest BCUT2D eigenvalue weighted by Crippen LogP contribution is -2.44. The van der Waals surface area contributed by atoms with Crippen LogP contribution in [0, 0.1) is 6.92 Å². The topological polar surface area (TPSA) is 122 Å². The highest BCUT2D eigenvalue weighted by molar-refractivity contribution is 7.21. The second-order valence-electron chi connectivity index (χ2n) is 8.73. The van der Waals surface area contributed by atoms with E-state index in [1.165, 1.54) is 11.3 Å². The van der Waals surface area contributed by atoms with E-state index in [2.05, 4.69) is 20.6 Å². The Morgan fingerprint density at radius 1 is 1.33 bits per heavy atom. The number of rotatable bonds is 5. The predicted molar refractivity (Wildman–Crippen MR) is 129 cm³/mol. The summed E-state index contributed by atoms with van der Waals surface area (Å²) >= 11 is 1.27. The fraction of sp³-hybridized carbons (Fsp3) is 0.391. The van der Waals surface area contributed by atoms with Gasteiger partial charge in [-0.25, -0.2) is 14.8 Å². The number of nitrogens with two attached hydrogens (primary N) is 1. The molecule has 4 heterocycles. The number of amides is 3. The van der Waals surface area contributed by atoms with E-state index >= 15 is 0 Å². The van der Waals surface area contributed by atoms with Crippen LogP contribution in [0.4, 0.5) is 21.9 Å². The fourth-order valence-electron chi connectivity index (χ4n) is 4.45. The fourth-order valence-corrected chi connectivity index (χ4v) is 5.47. The van der Waals surface area contributed by atoms with E-state index < -0.39 is 0 Å². The Balaban J connectivity index is 1.54. The van der Waals surface area contributed by atoms with Crippen molar-refractivity contribution in [1.29, 1.82) is 0 Å². The van der Waals surface area contributed by atoms with Gasteiger partial charge in [-0.1, -0.05) is 0 Å². The first-order valence-electron chi connectivity index (χ1n) is 11.1. The minimum Gasteiger partial charge on any atom is -0.475 e. The van der Waals surface area contributed by atoms with Crippen molar-refractivity contribution in [3.05, 3.63) is 35.0 Å². The van der Waals surface area contributed by atoms with Gasteiger partial charge in [0.05, 0.1) is 34.7 Å². The van der Waals surface area contributed by atoms with Gasteiger partial charge >= 0.3 is 6.03 Å². The first-order valence-corrected chi connectivity index (χ1v) is 11.9. The Bertz CT molecular complexity index is 1260. The van der Waals surface area contributed by atoms with E-state index in [4.69, 9.17) is 10.5 Å². The number of anilines is 3. The molecule has 9 nitrogen and oxygen atoms in total. The number of aromatic nitrogens is 2. The second-order valence-corrected chi connectivity index (χ2v) is 9.73. The molecule has 0 unspecified atom stereocenters. The van der Waals surface area contributed by atoms with Gasteiger partial charge in [-0.3, -0.25) is 9.69 Å². The molecule has 1 saturated carbocycles. The molecular formula is C23H26N6O3S. The van der Waals surface area contributed by atoms with Crippen LogP contribution in [0.3, 0.4) is 0 Å². The molecule has 1 aliphatic heterocycles. The van der Waals surface area contributed by atoms with Crippen molar-refractivity contribution in [2.24, 2.45) is 5.73 Å². The molecule has 2 atom stereocenters. The van der Waals surface area contributed by atoms with Gasteiger partial charge in [0.25, 0.3) is 5.91 Å². The summed E-state index contributed by atoms with van der Waals surface area (Å²) in [7, 11) is 0. The first kappa shape index (κ1) is 21.6. The average molecular weight is 467 g/mol. The van der Waals surface area contributed by atoms with Crippen LogP contribution in [0.5, 0.6) is 5.88 Å². The van der Waals surface area contributed by atoms with E-state index in [0.717, 1.165) is 30.2 Å². The van der Waals surface area contributed by atoms with Crippen molar-refractivity contribution in [3.8, 4) is 5.88 Å². The van der Waals surface area contributed by atoms with E-state index in [1.54, 1.807) is 23.4 Å². The predicted octanol–water partition coefficient (Wildman–Crippen LogP) is 4.08. The number of carbonyl (C=O) groups is 2. The number of hydrogen-bond donors (Lipinski definition) is 3. The number of ether oxygens (including phenoxy) is 1. The Kier molecular flexibility index (Phi) is 5.41. The summed E-state index contributed by atoms with van der Waals surface area (Å²) in [4.78, 5) is 37.9. The van der Waals surface area contributed by atoms with Gasteiger partial charge in [-0.05, 0) is 51.7 Å². The third-order valence-corrected chi connectivity index (χ3v) is 7.09. The van der Waals surface area contributed by atoms with Gasteiger partial charge in [0, 0.05) is 24.3 Å². The number of carbonyl (C=O) groups excluding carboxylic acids is 2. The van der Waals surface area contributed by atoms with Crippen LogP contribution in [0.1, 0.15) is 48.3 Å². The molecule has 172 valence electrons. The highest BCUT2D eigenvalue weighted by atomic mass is 32.1. The van der Waals surface area contributed by atoms with Gasteiger partial charge in [0.2, 0.25) is 5.88 Å². The molecule has 3 aromatic heterocycles. The molecule has 10 heteroatoms. The maximum absolute atomic E-state index is 13.3. The largest absolute Gasteiger partial charge is 0.475 e. The third kappa shape index (κ3) is 3.79. The first-order chi connectivity index (χ1) is 15.8. The molecule has 2 aliphatic rings. The smallest absolute Gasteiger partial charge is 0.331 e. The van der Waals surface area contributed by atoms with E-state index in [9.17, 15) is 9.59 Å². The van der Waals surface area contributed by atoms with Gasteiger partial charge in [0.1, 0.15) is 9.71 Å². The Morgan fingerprint density at radius 2 is 2.15 bits per heavy atom. The molecule has 1 fully saturated rings. The Morgan fingerprint density at radius 3 is 2.85 bits per heavy atom. The third-order valence-electron chi connectivity index (χ3n) is 5.99. The number of nitrogens with zero attached hydrogens (tertiary/aromatic N) is 3. The van der Waals surface area contributed by atoms with Crippen LogP contribution >= 0.6 is 11.3 Å². The molecule has 0 radical (unpaired) electrons. The van der Waals surface area contributed by atoms with Crippen LogP contribution in [-0.4, -0.2) is 40.1 Å². The molecule has 3 amide bonds.